The first-order valence-corrected chi connectivity index (χ1v) is 9.66. The number of nitrogens with zero attached hydrogens (tertiary/aromatic N) is 3. The predicted molar refractivity (Wildman–Crippen MR) is 115 cm³/mol. The molecule has 0 atom stereocenters. The van der Waals surface area contributed by atoms with Crippen LogP contribution in [0.5, 0.6) is 5.75 Å². The normalized spacial score (nSPS) is 10.9. The van der Waals surface area contributed by atoms with Crippen LogP contribution in [0.2, 0.25) is 0 Å². The molecule has 8 heteroatoms. The van der Waals surface area contributed by atoms with Gasteiger partial charge in [-0.15, -0.1) is 0 Å². The second kappa shape index (κ2) is 8.43. The van der Waals surface area contributed by atoms with Crippen LogP contribution in [0.3, 0.4) is 0 Å². The number of carbonyl (C=O) groups is 1. The van der Waals surface area contributed by atoms with Crippen LogP contribution in [0.15, 0.2) is 65.8 Å². The summed E-state index contributed by atoms with van der Waals surface area (Å²) in [6, 6.07) is 13.4. The van der Waals surface area contributed by atoms with Gasteiger partial charge in [0, 0.05) is 25.4 Å². The minimum Gasteiger partial charge on any atom is -0.497 e. The fraction of sp³-hybridized carbons (Fsp3) is 0.174. The largest absolute Gasteiger partial charge is 0.497 e. The Morgan fingerprint density at radius 1 is 1.19 bits per heavy atom. The number of halogens is 1. The molecule has 7 nitrogen and oxygen atoms in total. The number of hydrogen-bond donors (Lipinski definition) is 1. The Kier molecular flexibility index (Phi) is 5.53. The maximum absolute atomic E-state index is 13.0. The van der Waals surface area contributed by atoms with Crippen molar-refractivity contribution < 1.29 is 13.9 Å². The van der Waals surface area contributed by atoms with Crippen LogP contribution < -0.4 is 15.6 Å². The molecule has 158 valence electrons. The van der Waals surface area contributed by atoms with Crippen molar-refractivity contribution in [1.29, 1.82) is 0 Å². The van der Waals surface area contributed by atoms with Gasteiger partial charge < -0.3 is 14.6 Å². The van der Waals surface area contributed by atoms with Gasteiger partial charge in [-0.2, -0.15) is 0 Å². The summed E-state index contributed by atoms with van der Waals surface area (Å²) >= 11 is 0. The SMILES string of the molecule is COc1cccc(-c2cn(C)c3c(=O)n(CC(=O)NCc4ccc(F)cc4)cnc23)c1. The zero-order valence-electron chi connectivity index (χ0n) is 17.1. The van der Waals surface area contributed by atoms with Crippen LogP contribution in [0.1, 0.15) is 5.56 Å². The maximum atomic E-state index is 13.0. The number of aromatic nitrogens is 3. The molecule has 2 aromatic heterocycles. The summed E-state index contributed by atoms with van der Waals surface area (Å²) in [5, 5.41) is 2.73. The number of ether oxygens (including phenoxy) is 1. The molecule has 0 radical (unpaired) electrons. The second-order valence-corrected chi connectivity index (χ2v) is 7.16. The molecule has 0 fully saturated rings. The Bertz CT molecular complexity index is 1310. The quantitative estimate of drug-likeness (QED) is 0.520. The third kappa shape index (κ3) is 4.18. The molecule has 0 saturated heterocycles. The molecule has 0 aliphatic rings. The molecule has 2 heterocycles. The van der Waals surface area contributed by atoms with Crippen LogP contribution in [0.25, 0.3) is 22.2 Å². The van der Waals surface area contributed by atoms with E-state index in [9.17, 15) is 14.0 Å². The number of methoxy groups -OCH3 is 1. The van der Waals surface area contributed by atoms with Crippen molar-refractivity contribution in [3.63, 3.8) is 0 Å². The van der Waals surface area contributed by atoms with Gasteiger partial charge in [-0.1, -0.05) is 24.3 Å². The van der Waals surface area contributed by atoms with Gasteiger partial charge in [0.2, 0.25) is 5.91 Å². The summed E-state index contributed by atoms with van der Waals surface area (Å²) < 4.78 is 21.3. The molecule has 0 unspecified atom stereocenters. The van der Waals surface area contributed by atoms with Crippen molar-refractivity contribution >= 4 is 16.9 Å². The molecule has 0 spiro atoms. The zero-order chi connectivity index (χ0) is 22.0. The number of benzene rings is 2. The van der Waals surface area contributed by atoms with E-state index in [1.165, 1.54) is 23.0 Å². The third-order valence-corrected chi connectivity index (χ3v) is 5.04. The molecule has 31 heavy (non-hydrogen) atoms. The highest BCUT2D eigenvalue weighted by Crippen LogP contribution is 2.29. The highest BCUT2D eigenvalue weighted by atomic mass is 19.1. The summed E-state index contributed by atoms with van der Waals surface area (Å²) in [6.45, 7) is 0.0797. The number of rotatable bonds is 6. The minimum atomic E-state index is -0.338. The minimum absolute atomic E-state index is 0.164. The monoisotopic (exact) mass is 420 g/mol. The first kappa shape index (κ1) is 20.3. The Labute approximate surface area is 177 Å². The molecule has 0 aliphatic carbocycles. The Balaban J connectivity index is 1.58. The molecule has 2 aromatic carbocycles. The summed E-state index contributed by atoms with van der Waals surface area (Å²) in [6.07, 6.45) is 3.22. The van der Waals surface area contributed by atoms with E-state index in [0.29, 0.717) is 16.8 Å². The van der Waals surface area contributed by atoms with Crippen molar-refractivity contribution in [3.8, 4) is 16.9 Å². The van der Waals surface area contributed by atoms with E-state index in [4.69, 9.17) is 4.74 Å². The summed E-state index contributed by atoms with van der Waals surface area (Å²) in [4.78, 5) is 29.8. The Hall–Kier alpha value is -3.94. The molecule has 0 aliphatic heterocycles. The number of amides is 1. The van der Waals surface area contributed by atoms with E-state index < -0.39 is 0 Å². The summed E-state index contributed by atoms with van der Waals surface area (Å²) in [5.41, 5.74) is 3.11. The number of aryl methyl sites for hydroxylation is 1. The van der Waals surface area contributed by atoms with Gasteiger partial charge in [0.1, 0.15) is 29.1 Å². The average Bonchev–Trinajstić information content (AvgIpc) is 3.12. The van der Waals surface area contributed by atoms with E-state index >= 15 is 0 Å². The number of fused-ring (bicyclic) bond motifs is 1. The summed E-state index contributed by atoms with van der Waals surface area (Å²) in [7, 11) is 3.37. The van der Waals surface area contributed by atoms with Gasteiger partial charge in [0.05, 0.1) is 13.4 Å². The van der Waals surface area contributed by atoms with Gasteiger partial charge in [0.25, 0.3) is 5.56 Å². The van der Waals surface area contributed by atoms with Gasteiger partial charge in [-0.3, -0.25) is 14.2 Å². The van der Waals surface area contributed by atoms with Gasteiger partial charge >= 0.3 is 0 Å². The van der Waals surface area contributed by atoms with E-state index in [2.05, 4.69) is 10.3 Å². The summed E-state index contributed by atoms with van der Waals surface area (Å²) in [5.74, 6) is 0.0346. The number of nitrogens with one attached hydrogen (secondary N) is 1. The van der Waals surface area contributed by atoms with Gasteiger partial charge in [0.15, 0.2) is 0 Å². The lowest BCUT2D eigenvalue weighted by Crippen LogP contribution is -2.32. The lowest BCUT2D eigenvalue weighted by atomic mass is 10.1. The molecule has 1 N–H and O–H groups in total. The topological polar surface area (TPSA) is 78.1 Å². The first-order chi connectivity index (χ1) is 15.0. The lowest BCUT2D eigenvalue weighted by Gasteiger charge is -2.08. The molecular weight excluding hydrogens is 399 g/mol. The average molecular weight is 420 g/mol. The maximum Gasteiger partial charge on any atom is 0.278 e. The number of carbonyl (C=O) groups excluding carboxylic acids is 1. The third-order valence-electron chi connectivity index (χ3n) is 5.04. The smallest absolute Gasteiger partial charge is 0.278 e. The van der Waals surface area contributed by atoms with Gasteiger partial charge in [-0.05, 0) is 35.4 Å². The van der Waals surface area contributed by atoms with Crippen LogP contribution in [-0.2, 0) is 24.9 Å². The van der Waals surface area contributed by atoms with Crippen molar-refractivity contribution in [2.45, 2.75) is 13.1 Å². The predicted octanol–water partition coefficient (Wildman–Crippen LogP) is 2.87. The highest BCUT2D eigenvalue weighted by molar-refractivity contribution is 5.92. The van der Waals surface area contributed by atoms with Crippen molar-refractivity contribution in [2.75, 3.05) is 7.11 Å². The Morgan fingerprint density at radius 2 is 1.97 bits per heavy atom. The van der Waals surface area contributed by atoms with Crippen LogP contribution in [0.4, 0.5) is 4.39 Å². The number of hydrogen-bond acceptors (Lipinski definition) is 4. The van der Waals surface area contributed by atoms with E-state index in [-0.39, 0.29) is 30.4 Å². The molecule has 1 amide bonds. The fourth-order valence-electron chi connectivity index (χ4n) is 3.44. The molecule has 4 rings (SSSR count). The van der Waals surface area contributed by atoms with Crippen molar-refractivity contribution in [2.24, 2.45) is 7.05 Å². The molecular formula is C23H21FN4O3. The van der Waals surface area contributed by atoms with Crippen LogP contribution >= 0.6 is 0 Å². The van der Waals surface area contributed by atoms with Crippen molar-refractivity contribution in [3.05, 3.63) is 82.8 Å². The van der Waals surface area contributed by atoms with Crippen LogP contribution in [-0.4, -0.2) is 27.1 Å². The molecule has 0 bridgehead atoms. The highest BCUT2D eigenvalue weighted by Gasteiger charge is 2.16. The van der Waals surface area contributed by atoms with Crippen molar-refractivity contribution in [1.82, 2.24) is 19.4 Å². The second-order valence-electron chi connectivity index (χ2n) is 7.16. The van der Waals surface area contributed by atoms with E-state index in [1.807, 2.05) is 30.5 Å². The Morgan fingerprint density at radius 3 is 2.71 bits per heavy atom. The van der Waals surface area contributed by atoms with E-state index in [0.717, 1.165) is 16.7 Å². The van der Waals surface area contributed by atoms with E-state index in [1.54, 1.807) is 30.9 Å². The van der Waals surface area contributed by atoms with Gasteiger partial charge in [-0.25, -0.2) is 9.37 Å². The standard InChI is InChI=1S/C23H21FN4O3/c1-27-12-19(16-4-3-5-18(10-16)31-2)21-22(27)23(30)28(14-26-21)13-20(29)25-11-15-6-8-17(24)9-7-15/h3-10,12,14H,11,13H2,1-2H3,(H,25,29). The fourth-order valence-corrected chi connectivity index (χ4v) is 3.44. The zero-order valence-corrected chi connectivity index (χ0v) is 17.1. The first-order valence-electron chi connectivity index (χ1n) is 9.66. The van der Waals surface area contributed by atoms with Crippen LogP contribution in [0, 0.1) is 5.82 Å². The molecule has 4 aromatic rings. The lowest BCUT2D eigenvalue weighted by molar-refractivity contribution is -0.121. The molecule has 0 saturated carbocycles.